The Labute approximate surface area is 144 Å². The number of rotatable bonds is 5. The molecule has 0 aromatic heterocycles. The molecule has 2 heterocycles. The van der Waals surface area contributed by atoms with E-state index in [-0.39, 0.29) is 11.9 Å². The van der Waals surface area contributed by atoms with Gasteiger partial charge in [0.25, 0.3) is 0 Å². The topological polar surface area (TPSA) is 72.9 Å². The van der Waals surface area contributed by atoms with Gasteiger partial charge in [-0.1, -0.05) is 19.8 Å². The second kappa shape index (κ2) is 7.30. The number of carboxylic acid groups (broad SMARTS) is 1. The Hall–Kier alpha value is -1.30. The van der Waals surface area contributed by atoms with E-state index in [0.717, 1.165) is 19.4 Å². The van der Waals surface area contributed by atoms with Gasteiger partial charge in [-0.2, -0.15) is 0 Å². The molecule has 3 rings (SSSR count). The van der Waals surface area contributed by atoms with E-state index in [4.69, 9.17) is 0 Å². The van der Waals surface area contributed by atoms with Crippen LogP contribution in [0.15, 0.2) is 0 Å². The van der Waals surface area contributed by atoms with E-state index in [1.165, 1.54) is 32.4 Å². The van der Waals surface area contributed by atoms with Crippen LogP contribution < -0.4 is 5.32 Å². The molecule has 6 heteroatoms. The predicted molar refractivity (Wildman–Crippen MR) is 91.8 cm³/mol. The minimum atomic E-state index is -0.723. The quantitative estimate of drug-likeness (QED) is 0.805. The minimum absolute atomic E-state index is 0.0875. The van der Waals surface area contributed by atoms with Gasteiger partial charge >= 0.3 is 12.0 Å². The lowest BCUT2D eigenvalue weighted by molar-refractivity contribution is -0.149. The highest BCUT2D eigenvalue weighted by Gasteiger charge is 2.55. The normalized spacial score (nSPS) is 31.7. The van der Waals surface area contributed by atoms with Crippen LogP contribution in [-0.2, 0) is 4.79 Å². The zero-order chi connectivity index (χ0) is 17.2. The lowest BCUT2D eigenvalue weighted by Gasteiger charge is -2.29. The molecule has 0 aromatic carbocycles. The maximum absolute atomic E-state index is 12.4. The van der Waals surface area contributed by atoms with Gasteiger partial charge in [-0.25, -0.2) is 4.79 Å². The number of carboxylic acids is 1. The predicted octanol–water partition coefficient (Wildman–Crippen LogP) is 2.00. The van der Waals surface area contributed by atoms with Gasteiger partial charge in [0.05, 0.1) is 5.41 Å². The number of carbonyl (C=O) groups is 2. The number of nitrogens with zero attached hydrogens (tertiary/aromatic N) is 2. The Balaban J connectivity index is 1.45. The van der Waals surface area contributed by atoms with Crippen molar-refractivity contribution in [3.8, 4) is 0 Å². The van der Waals surface area contributed by atoms with Crippen molar-refractivity contribution in [3.63, 3.8) is 0 Å². The highest BCUT2D eigenvalue weighted by molar-refractivity contribution is 5.80. The molecule has 0 spiro atoms. The number of likely N-dealkylation sites (tertiary alicyclic amines) is 2. The summed E-state index contributed by atoms with van der Waals surface area (Å²) in [6, 6.07) is -0.0875. The first kappa shape index (κ1) is 17.5. The summed E-state index contributed by atoms with van der Waals surface area (Å²) in [6.45, 7) is 7.18. The third kappa shape index (κ3) is 3.53. The average molecular weight is 337 g/mol. The second-order valence-corrected chi connectivity index (χ2v) is 8.08. The third-order valence-corrected chi connectivity index (χ3v) is 6.20. The summed E-state index contributed by atoms with van der Waals surface area (Å²) in [5.41, 5.74) is -0.684. The number of aliphatic carboxylic acids is 1. The van der Waals surface area contributed by atoms with Crippen molar-refractivity contribution in [2.75, 3.05) is 39.3 Å². The molecule has 3 aliphatic rings. The van der Waals surface area contributed by atoms with Gasteiger partial charge in [0.15, 0.2) is 0 Å². The molecule has 3 atom stereocenters. The molecule has 2 amide bonds. The van der Waals surface area contributed by atoms with E-state index in [0.29, 0.717) is 32.0 Å². The van der Waals surface area contributed by atoms with E-state index < -0.39 is 11.4 Å². The van der Waals surface area contributed by atoms with E-state index in [9.17, 15) is 14.7 Å². The number of urea groups is 1. The zero-order valence-electron chi connectivity index (χ0n) is 14.8. The van der Waals surface area contributed by atoms with Crippen LogP contribution in [0, 0.1) is 17.3 Å². The number of fused-ring (bicyclic) bond motifs is 1. The van der Waals surface area contributed by atoms with Gasteiger partial charge in [0.1, 0.15) is 0 Å². The third-order valence-electron chi connectivity index (χ3n) is 6.20. The van der Waals surface area contributed by atoms with Crippen molar-refractivity contribution in [3.05, 3.63) is 0 Å². The van der Waals surface area contributed by atoms with Crippen LogP contribution in [-0.4, -0.2) is 66.2 Å². The Kier molecular flexibility index (Phi) is 5.33. The number of amides is 2. The van der Waals surface area contributed by atoms with Crippen molar-refractivity contribution in [2.45, 2.75) is 45.4 Å². The van der Waals surface area contributed by atoms with Crippen LogP contribution in [0.4, 0.5) is 4.79 Å². The van der Waals surface area contributed by atoms with Gasteiger partial charge in [0, 0.05) is 26.2 Å². The molecule has 3 fully saturated rings. The van der Waals surface area contributed by atoms with E-state index in [2.05, 4.69) is 17.1 Å². The van der Waals surface area contributed by atoms with Gasteiger partial charge in [-0.05, 0) is 50.6 Å². The molecule has 2 aliphatic heterocycles. The monoisotopic (exact) mass is 337 g/mol. The molecule has 1 saturated carbocycles. The summed E-state index contributed by atoms with van der Waals surface area (Å²) in [4.78, 5) is 28.4. The fourth-order valence-corrected chi connectivity index (χ4v) is 4.81. The first-order chi connectivity index (χ1) is 11.5. The van der Waals surface area contributed by atoms with Crippen LogP contribution in [0.3, 0.4) is 0 Å². The number of hydrogen-bond donors (Lipinski definition) is 2. The standard InChI is InChI=1S/C18H31N3O3/c1-14(11-20-8-3-2-4-9-20)10-19-17(24)21-12-15-6-5-7-18(15,13-21)16(22)23/h14-15H,2-13H2,1H3,(H,19,24)(H,22,23)/t14?,15-,18+/m0/s1. The average Bonchev–Trinajstić information content (AvgIpc) is 3.12. The molecule has 136 valence electrons. The van der Waals surface area contributed by atoms with Crippen LogP contribution in [0.2, 0.25) is 0 Å². The summed E-state index contributed by atoms with van der Waals surface area (Å²) < 4.78 is 0. The molecule has 0 aromatic rings. The van der Waals surface area contributed by atoms with Crippen LogP contribution in [0.1, 0.15) is 45.4 Å². The van der Waals surface area contributed by atoms with Gasteiger partial charge < -0.3 is 20.2 Å². The first-order valence-corrected chi connectivity index (χ1v) is 9.50. The summed E-state index contributed by atoms with van der Waals surface area (Å²) in [7, 11) is 0. The van der Waals surface area contributed by atoms with Gasteiger partial charge in [-0.15, -0.1) is 0 Å². The molecular weight excluding hydrogens is 306 g/mol. The van der Waals surface area contributed by atoms with Crippen molar-refractivity contribution < 1.29 is 14.7 Å². The van der Waals surface area contributed by atoms with Crippen LogP contribution in [0.25, 0.3) is 0 Å². The van der Waals surface area contributed by atoms with E-state index in [1.54, 1.807) is 4.90 Å². The van der Waals surface area contributed by atoms with Crippen molar-refractivity contribution in [1.82, 2.24) is 15.1 Å². The van der Waals surface area contributed by atoms with E-state index in [1.807, 2.05) is 0 Å². The largest absolute Gasteiger partial charge is 0.481 e. The van der Waals surface area contributed by atoms with Crippen molar-refractivity contribution in [1.29, 1.82) is 0 Å². The van der Waals surface area contributed by atoms with E-state index >= 15 is 0 Å². The number of carbonyl (C=O) groups excluding carboxylic acids is 1. The fraction of sp³-hybridized carbons (Fsp3) is 0.889. The summed E-state index contributed by atoms with van der Waals surface area (Å²) in [5.74, 6) is -0.173. The first-order valence-electron chi connectivity index (χ1n) is 9.50. The van der Waals surface area contributed by atoms with Crippen LogP contribution in [0.5, 0.6) is 0 Å². The number of nitrogens with one attached hydrogen (secondary N) is 1. The lowest BCUT2D eigenvalue weighted by atomic mass is 9.81. The smallest absolute Gasteiger partial charge is 0.317 e. The second-order valence-electron chi connectivity index (χ2n) is 8.08. The Morgan fingerprint density at radius 3 is 2.67 bits per heavy atom. The Morgan fingerprint density at radius 2 is 2.00 bits per heavy atom. The molecule has 0 bridgehead atoms. The molecule has 1 aliphatic carbocycles. The molecule has 6 nitrogen and oxygen atoms in total. The summed E-state index contributed by atoms with van der Waals surface area (Å²) in [5, 5.41) is 12.6. The zero-order valence-corrected chi connectivity index (χ0v) is 14.8. The SMILES string of the molecule is CC(CNC(=O)N1C[C@@H]2CCC[C@@]2(C(=O)O)C1)CN1CCCCC1. The van der Waals surface area contributed by atoms with Gasteiger partial charge in [0.2, 0.25) is 0 Å². The van der Waals surface area contributed by atoms with Crippen molar-refractivity contribution >= 4 is 12.0 Å². The highest BCUT2D eigenvalue weighted by atomic mass is 16.4. The lowest BCUT2D eigenvalue weighted by Crippen LogP contribution is -2.44. The number of hydrogen-bond acceptors (Lipinski definition) is 3. The summed E-state index contributed by atoms with van der Waals surface area (Å²) >= 11 is 0. The molecule has 2 saturated heterocycles. The maximum atomic E-state index is 12.4. The van der Waals surface area contributed by atoms with Crippen molar-refractivity contribution in [2.24, 2.45) is 17.3 Å². The maximum Gasteiger partial charge on any atom is 0.317 e. The van der Waals surface area contributed by atoms with Gasteiger partial charge in [-0.3, -0.25) is 4.79 Å². The number of piperidine rings is 1. The fourth-order valence-electron chi connectivity index (χ4n) is 4.81. The Bertz CT molecular complexity index is 478. The molecular formula is C18H31N3O3. The molecule has 0 radical (unpaired) electrons. The summed E-state index contributed by atoms with van der Waals surface area (Å²) in [6.07, 6.45) is 6.52. The highest BCUT2D eigenvalue weighted by Crippen LogP contribution is 2.48. The molecule has 1 unspecified atom stereocenters. The molecule has 24 heavy (non-hydrogen) atoms. The van der Waals surface area contributed by atoms with Crippen LogP contribution >= 0.6 is 0 Å². The minimum Gasteiger partial charge on any atom is -0.481 e. The Morgan fingerprint density at radius 1 is 1.25 bits per heavy atom. The molecule has 2 N–H and O–H groups in total.